The van der Waals surface area contributed by atoms with Gasteiger partial charge in [-0.2, -0.15) is 0 Å². The molecule has 0 unspecified atom stereocenters. The number of aliphatic imine (C=N–C) groups is 1. The van der Waals surface area contributed by atoms with Crippen LogP contribution in [0.2, 0.25) is 0 Å². The van der Waals surface area contributed by atoms with Crippen LogP contribution in [0.5, 0.6) is 0 Å². The van der Waals surface area contributed by atoms with E-state index in [4.69, 9.17) is 4.99 Å². The molecule has 32 heavy (non-hydrogen) atoms. The van der Waals surface area contributed by atoms with Crippen LogP contribution in [0.3, 0.4) is 0 Å². The molecule has 2 heterocycles. The van der Waals surface area contributed by atoms with Crippen LogP contribution in [0.25, 0.3) is 6.08 Å². The highest BCUT2D eigenvalue weighted by atomic mass is 32.2. The van der Waals surface area contributed by atoms with Crippen molar-refractivity contribution < 1.29 is 4.79 Å². The summed E-state index contributed by atoms with van der Waals surface area (Å²) in [6.45, 7) is 13.0. The van der Waals surface area contributed by atoms with E-state index in [2.05, 4.69) is 57.7 Å². The van der Waals surface area contributed by atoms with Crippen molar-refractivity contribution in [2.45, 2.75) is 58.9 Å². The number of rotatable bonds is 5. The summed E-state index contributed by atoms with van der Waals surface area (Å²) in [6, 6.07) is 16.5. The van der Waals surface area contributed by atoms with Gasteiger partial charge in [0.1, 0.15) is 0 Å². The number of carbonyl (C=O) groups excluding carboxylic acids is 1. The van der Waals surface area contributed by atoms with Gasteiger partial charge in [-0.3, -0.25) is 9.69 Å². The molecule has 0 saturated carbocycles. The molecule has 0 spiro atoms. The highest BCUT2D eigenvalue weighted by molar-refractivity contribution is 8.18. The molecule has 2 aromatic rings. The maximum atomic E-state index is 13.2. The first-order valence-electron chi connectivity index (χ1n) is 11.6. The maximum absolute atomic E-state index is 13.2. The summed E-state index contributed by atoms with van der Waals surface area (Å²) in [5.41, 5.74) is 4.80. The highest BCUT2D eigenvalue weighted by Gasteiger charge is 2.36. The number of nitrogens with zero attached hydrogens (tertiary/aromatic N) is 3. The van der Waals surface area contributed by atoms with Crippen molar-refractivity contribution in [3.8, 4) is 0 Å². The number of thioether (sulfide) groups is 1. The van der Waals surface area contributed by atoms with Crippen molar-refractivity contribution in [2.24, 2.45) is 4.99 Å². The number of amides is 1. The van der Waals surface area contributed by atoms with Gasteiger partial charge in [0, 0.05) is 24.3 Å². The lowest BCUT2D eigenvalue weighted by atomic mass is 9.79. The van der Waals surface area contributed by atoms with Gasteiger partial charge >= 0.3 is 0 Å². The van der Waals surface area contributed by atoms with Gasteiger partial charge in [-0.15, -0.1) is 0 Å². The Balaban J connectivity index is 1.67. The third-order valence-electron chi connectivity index (χ3n) is 6.34. The second-order valence-electron chi connectivity index (χ2n) is 9.28. The van der Waals surface area contributed by atoms with E-state index in [0.29, 0.717) is 12.5 Å². The average molecular weight is 448 g/mol. The number of amidine groups is 1. The molecule has 0 bridgehead atoms. The average Bonchev–Trinajstić information content (AvgIpc) is 3.03. The summed E-state index contributed by atoms with van der Waals surface area (Å²) in [4.78, 5) is 23.0. The zero-order valence-corrected chi connectivity index (χ0v) is 20.6. The van der Waals surface area contributed by atoms with Gasteiger partial charge in [-0.05, 0) is 92.8 Å². The number of para-hydroxylation sites is 1. The number of fused-ring (bicyclic) bond motifs is 1. The monoisotopic (exact) mass is 447 g/mol. The molecule has 0 radical (unpaired) electrons. The first-order valence-corrected chi connectivity index (χ1v) is 12.4. The molecule has 0 aromatic heterocycles. The Labute approximate surface area is 196 Å². The largest absolute Gasteiger partial charge is 0.366 e. The van der Waals surface area contributed by atoms with Crippen LogP contribution in [0, 0.1) is 0 Å². The molecule has 1 amide bonds. The highest BCUT2D eigenvalue weighted by Crippen LogP contribution is 2.44. The second kappa shape index (κ2) is 9.14. The van der Waals surface area contributed by atoms with Crippen LogP contribution in [-0.2, 0) is 4.79 Å². The minimum Gasteiger partial charge on any atom is -0.366 e. The number of benzene rings is 2. The fourth-order valence-corrected chi connectivity index (χ4v) is 6.00. The van der Waals surface area contributed by atoms with Crippen LogP contribution in [0.15, 0.2) is 58.4 Å². The predicted molar refractivity (Wildman–Crippen MR) is 138 cm³/mol. The Morgan fingerprint density at radius 2 is 1.91 bits per heavy atom. The van der Waals surface area contributed by atoms with Crippen molar-refractivity contribution in [3.63, 3.8) is 0 Å². The van der Waals surface area contributed by atoms with E-state index in [9.17, 15) is 4.79 Å². The summed E-state index contributed by atoms with van der Waals surface area (Å²) in [6.07, 6.45) is 4.05. The van der Waals surface area contributed by atoms with Gasteiger partial charge in [0.05, 0.1) is 10.6 Å². The molecule has 5 heteroatoms. The maximum Gasteiger partial charge on any atom is 0.266 e. The van der Waals surface area contributed by atoms with E-state index in [1.54, 1.807) is 0 Å². The molecule has 4 rings (SSSR count). The second-order valence-corrected chi connectivity index (χ2v) is 10.3. The third kappa shape index (κ3) is 4.36. The molecule has 0 N–H and O–H groups in total. The van der Waals surface area contributed by atoms with Crippen molar-refractivity contribution >= 4 is 40.3 Å². The van der Waals surface area contributed by atoms with Gasteiger partial charge < -0.3 is 4.90 Å². The fourth-order valence-electron chi connectivity index (χ4n) is 4.97. The standard InChI is InChI=1S/C27H33N3OS/c1-6-15-29-25(31)24(32-26(29)28-21-11-9-8-10-12-21)17-20-13-14-23-22(16-20)19(3)18-27(4,5)30(23)7-2/h8-14,16-17,19H,6-7,15,18H2,1-5H3/b24-17-,28-26?/t19-/m1/s1. The van der Waals surface area contributed by atoms with E-state index in [1.165, 1.54) is 23.0 Å². The Kier molecular flexibility index (Phi) is 6.47. The lowest BCUT2D eigenvalue weighted by Gasteiger charge is -2.47. The zero-order chi connectivity index (χ0) is 22.9. The van der Waals surface area contributed by atoms with Gasteiger partial charge in [-0.25, -0.2) is 4.99 Å². The predicted octanol–water partition coefficient (Wildman–Crippen LogP) is 6.81. The molecule has 1 fully saturated rings. The number of hydrogen-bond donors (Lipinski definition) is 0. The van der Waals surface area contributed by atoms with Gasteiger partial charge in [0.15, 0.2) is 5.17 Å². The molecule has 4 nitrogen and oxygen atoms in total. The summed E-state index contributed by atoms with van der Waals surface area (Å²) in [5, 5.41) is 0.763. The number of hydrogen-bond acceptors (Lipinski definition) is 4. The fraction of sp³-hybridized carbons (Fsp3) is 0.407. The van der Waals surface area contributed by atoms with Gasteiger partial charge in [0.25, 0.3) is 5.91 Å². The lowest BCUT2D eigenvalue weighted by Crippen LogP contribution is -2.48. The first kappa shape index (κ1) is 22.7. The summed E-state index contributed by atoms with van der Waals surface area (Å²) < 4.78 is 0. The van der Waals surface area contributed by atoms with Crippen molar-refractivity contribution in [2.75, 3.05) is 18.0 Å². The molecular formula is C27H33N3OS. The third-order valence-corrected chi connectivity index (χ3v) is 7.35. The molecule has 2 aliphatic rings. The molecule has 1 atom stereocenters. The van der Waals surface area contributed by atoms with Crippen molar-refractivity contribution in [1.82, 2.24) is 4.90 Å². The quantitative estimate of drug-likeness (QED) is 0.472. The van der Waals surface area contributed by atoms with E-state index in [-0.39, 0.29) is 11.4 Å². The Bertz CT molecular complexity index is 1060. The Morgan fingerprint density at radius 1 is 1.16 bits per heavy atom. The lowest BCUT2D eigenvalue weighted by molar-refractivity contribution is -0.122. The van der Waals surface area contributed by atoms with E-state index in [1.807, 2.05) is 41.3 Å². The van der Waals surface area contributed by atoms with Crippen LogP contribution >= 0.6 is 11.8 Å². The molecule has 2 aliphatic heterocycles. The first-order chi connectivity index (χ1) is 15.3. The Hall–Kier alpha value is -2.53. The van der Waals surface area contributed by atoms with Crippen molar-refractivity contribution in [1.29, 1.82) is 0 Å². The minimum atomic E-state index is 0.0496. The Morgan fingerprint density at radius 3 is 2.59 bits per heavy atom. The van der Waals surface area contributed by atoms with Crippen LogP contribution < -0.4 is 4.90 Å². The number of carbonyl (C=O) groups is 1. The SMILES string of the molecule is CCCN1C(=O)/C(=C/c2ccc3c(c2)[C@H](C)CC(C)(C)N3CC)SC1=Nc1ccccc1. The van der Waals surface area contributed by atoms with E-state index >= 15 is 0 Å². The van der Waals surface area contributed by atoms with Crippen LogP contribution in [0.4, 0.5) is 11.4 Å². The molecule has 2 aromatic carbocycles. The zero-order valence-electron chi connectivity index (χ0n) is 19.8. The molecule has 168 valence electrons. The van der Waals surface area contributed by atoms with Crippen LogP contribution in [-0.4, -0.2) is 34.6 Å². The molecule has 1 saturated heterocycles. The topological polar surface area (TPSA) is 35.9 Å². The molecular weight excluding hydrogens is 414 g/mol. The number of anilines is 1. The summed E-state index contributed by atoms with van der Waals surface area (Å²) in [7, 11) is 0. The van der Waals surface area contributed by atoms with E-state index < -0.39 is 0 Å². The molecule has 0 aliphatic carbocycles. The van der Waals surface area contributed by atoms with E-state index in [0.717, 1.165) is 40.7 Å². The summed E-state index contributed by atoms with van der Waals surface area (Å²) in [5.74, 6) is 0.536. The smallest absolute Gasteiger partial charge is 0.266 e. The van der Waals surface area contributed by atoms with Crippen molar-refractivity contribution in [3.05, 3.63) is 64.6 Å². The minimum absolute atomic E-state index is 0.0496. The van der Waals surface area contributed by atoms with Crippen LogP contribution in [0.1, 0.15) is 64.5 Å². The normalized spacial score (nSPS) is 22.7. The van der Waals surface area contributed by atoms with Gasteiger partial charge in [0.2, 0.25) is 0 Å². The van der Waals surface area contributed by atoms with Gasteiger partial charge in [-0.1, -0.05) is 38.1 Å². The summed E-state index contributed by atoms with van der Waals surface area (Å²) >= 11 is 1.48.